The van der Waals surface area contributed by atoms with Gasteiger partial charge in [-0.3, -0.25) is 39.0 Å². The SMILES string of the molecule is C[C@@H](O)[C@H](NC(=O)[C@H](CCCN)NC(=O)[C@H](CCCNC(=N)N)NC(=O)[C@H](CC(N)=O)NC(=O)[C@@H](NC(=O)[C@@H](N)Cc1ccc(O)cc1)C(C)(C)S)C(=O)N[C@H](CCN)C(=O)O. The minimum absolute atomic E-state index is 0.00459. The van der Waals surface area contributed by atoms with Gasteiger partial charge in [-0.15, -0.1) is 0 Å². The summed E-state index contributed by atoms with van der Waals surface area (Å²) in [5.74, 6) is -8.64. The van der Waals surface area contributed by atoms with Gasteiger partial charge in [-0.05, 0) is 90.1 Å². The third-order valence-corrected chi connectivity index (χ3v) is 9.36. The summed E-state index contributed by atoms with van der Waals surface area (Å²) in [6.45, 7) is 4.16. The fourth-order valence-corrected chi connectivity index (χ4v) is 5.92. The fourth-order valence-electron chi connectivity index (χ4n) is 5.73. The van der Waals surface area contributed by atoms with Gasteiger partial charge in [-0.1, -0.05) is 12.1 Å². The number of aliphatic hydroxyl groups is 1. The number of nitrogens with two attached hydrogens (primary N) is 5. The molecule has 62 heavy (non-hydrogen) atoms. The molecule has 21 N–H and O–H groups in total. The third-order valence-electron chi connectivity index (χ3n) is 9.10. The molecule has 1 aromatic rings. The Morgan fingerprint density at radius 2 is 1.24 bits per heavy atom. The Hall–Kier alpha value is -5.76. The summed E-state index contributed by atoms with van der Waals surface area (Å²) >= 11 is 4.45. The van der Waals surface area contributed by atoms with Crippen LogP contribution in [0.15, 0.2) is 24.3 Å². The molecule has 0 fully saturated rings. The molecule has 0 bridgehead atoms. The van der Waals surface area contributed by atoms with Gasteiger partial charge in [-0.2, -0.15) is 12.6 Å². The molecule has 1 aromatic carbocycles. The molecule has 0 saturated carbocycles. The van der Waals surface area contributed by atoms with E-state index in [2.05, 4.69) is 49.8 Å². The molecule has 0 aromatic heterocycles. The van der Waals surface area contributed by atoms with Crippen molar-refractivity contribution in [2.75, 3.05) is 19.6 Å². The van der Waals surface area contributed by atoms with Crippen LogP contribution in [0, 0.1) is 5.41 Å². The molecule has 348 valence electrons. The third kappa shape index (κ3) is 19.7. The summed E-state index contributed by atoms with van der Waals surface area (Å²) in [7, 11) is 0. The molecule has 0 heterocycles. The molecule has 0 saturated heterocycles. The molecule has 24 nitrogen and oxygen atoms in total. The Morgan fingerprint density at radius 1 is 0.726 bits per heavy atom. The van der Waals surface area contributed by atoms with Crippen LogP contribution < -0.4 is 65.9 Å². The number of aromatic hydroxyl groups is 1. The number of phenols is 1. The van der Waals surface area contributed by atoms with E-state index in [1.54, 1.807) is 12.1 Å². The highest BCUT2D eigenvalue weighted by Gasteiger charge is 2.38. The maximum atomic E-state index is 13.9. The van der Waals surface area contributed by atoms with Crippen LogP contribution in [0.1, 0.15) is 64.9 Å². The van der Waals surface area contributed by atoms with E-state index in [4.69, 9.17) is 34.1 Å². The number of carboxylic acids is 1. The number of carbonyl (C=O) groups is 8. The second-order valence-corrected chi connectivity index (χ2v) is 16.2. The predicted octanol–water partition coefficient (Wildman–Crippen LogP) is -5.43. The molecule has 1 rings (SSSR count). The number of carbonyl (C=O) groups excluding carboxylic acids is 7. The van der Waals surface area contributed by atoms with Crippen LogP contribution in [0.3, 0.4) is 0 Å². The fraction of sp³-hybridized carbons (Fsp3) is 0.595. The van der Waals surface area contributed by atoms with E-state index in [9.17, 15) is 53.7 Å². The van der Waals surface area contributed by atoms with Crippen LogP contribution in [0.25, 0.3) is 0 Å². The molecule has 0 aliphatic rings. The second-order valence-electron chi connectivity index (χ2n) is 15.0. The number of hydrogen-bond acceptors (Lipinski definition) is 15. The van der Waals surface area contributed by atoms with E-state index in [0.29, 0.717) is 5.56 Å². The first-order valence-corrected chi connectivity index (χ1v) is 20.1. The monoisotopic (exact) mass is 897 g/mol. The number of aliphatic carboxylic acids is 1. The quantitative estimate of drug-likeness (QED) is 0.0162. The molecule has 0 spiro atoms. The van der Waals surface area contributed by atoms with Gasteiger partial charge in [0.05, 0.1) is 18.6 Å². The Morgan fingerprint density at radius 3 is 1.73 bits per heavy atom. The summed E-state index contributed by atoms with van der Waals surface area (Å²) in [6.07, 6.45) is -2.47. The average Bonchev–Trinajstić information content (AvgIpc) is 3.17. The van der Waals surface area contributed by atoms with Crippen LogP contribution in [-0.2, 0) is 44.8 Å². The summed E-state index contributed by atoms with van der Waals surface area (Å²) in [5.41, 5.74) is 28.6. The maximum Gasteiger partial charge on any atom is 0.326 e. The number of benzene rings is 1. The smallest absolute Gasteiger partial charge is 0.326 e. The van der Waals surface area contributed by atoms with Gasteiger partial charge in [0.25, 0.3) is 0 Å². The highest BCUT2D eigenvalue weighted by Crippen LogP contribution is 2.19. The molecule has 0 aliphatic carbocycles. The van der Waals surface area contributed by atoms with Crippen molar-refractivity contribution in [2.45, 2.75) is 119 Å². The lowest BCUT2D eigenvalue weighted by molar-refractivity contribution is -0.143. The van der Waals surface area contributed by atoms with E-state index in [0.717, 1.165) is 0 Å². The molecule has 7 amide bonds. The van der Waals surface area contributed by atoms with Crippen LogP contribution in [0.2, 0.25) is 0 Å². The number of guanidine groups is 1. The van der Waals surface area contributed by atoms with Crippen LogP contribution in [0.5, 0.6) is 5.75 Å². The highest BCUT2D eigenvalue weighted by atomic mass is 32.1. The Balaban J connectivity index is 3.38. The van der Waals surface area contributed by atoms with Crippen LogP contribution >= 0.6 is 12.6 Å². The number of primary amides is 1. The largest absolute Gasteiger partial charge is 0.508 e. The number of nitrogens with one attached hydrogen (secondary N) is 8. The number of aliphatic hydroxyl groups excluding tert-OH is 1. The lowest BCUT2D eigenvalue weighted by atomic mass is 9.99. The molecule has 0 aliphatic heterocycles. The predicted molar refractivity (Wildman–Crippen MR) is 229 cm³/mol. The standard InChI is InChI=1S/C37H63N13O11S/c1-18(51)27(33(58)47-24(12-14-39)35(60)61)49-31(56)22(6-4-13-38)45-30(55)23(7-5-15-44-36(42)43)46-32(57)25(17-26(41)53)48-34(59)28(37(2,3)62)50-29(54)21(40)16-19-8-10-20(52)11-9-19/h8-11,18,21-25,27-28,51-52,62H,4-7,12-17,38-40H2,1-3H3,(H2,41,53)(H,45,55)(H,46,57)(H,47,58)(H,48,59)(H,49,56)(H,50,54)(H,60,61)(H4,42,43,44)/t18-,21+,22+,23+,24-,25+,27+,28-/m1/s1. The van der Waals surface area contributed by atoms with Gasteiger partial charge in [0, 0.05) is 11.3 Å². The molecular weight excluding hydrogens is 835 g/mol. The lowest BCUT2D eigenvalue weighted by Gasteiger charge is -2.32. The van der Waals surface area contributed by atoms with Gasteiger partial charge in [-0.25, -0.2) is 4.79 Å². The van der Waals surface area contributed by atoms with E-state index in [1.807, 2.05) is 0 Å². The first kappa shape index (κ1) is 54.3. The number of thiol groups is 1. The normalized spacial score (nSPS) is 15.1. The van der Waals surface area contributed by atoms with Crippen molar-refractivity contribution in [3.63, 3.8) is 0 Å². The Kier molecular flexibility index (Phi) is 23.2. The van der Waals surface area contributed by atoms with Crippen molar-refractivity contribution >= 4 is 65.9 Å². The zero-order chi connectivity index (χ0) is 47.3. The van der Waals surface area contributed by atoms with E-state index in [1.165, 1.54) is 32.9 Å². The van der Waals surface area contributed by atoms with Gasteiger partial charge >= 0.3 is 5.97 Å². The van der Waals surface area contributed by atoms with Gasteiger partial charge in [0.15, 0.2) is 5.96 Å². The highest BCUT2D eigenvalue weighted by molar-refractivity contribution is 7.81. The summed E-state index contributed by atoms with van der Waals surface area (Å²) in [6, 6.07) is -4.43. The minimum atomic E-state index is -1.72. The second kappa shape index (κ2) is 26.5. The van der Waals surface area contributed by atoms with E-state index >= 15 is 0 Å². The van der Waals surface area contributed by atoms with Gasteiger partial charge < -0.3 is 81.2 Å². The first-order valence-electron chi connectivity index (χ1n) is 19.7. The van der Waals surface area contributed by atoms with E-state index < -0.39 is 107 Å². The van der Waals surface area contributed by atoms with Crippen molar-refractivity contribution < 1.29 is 53.7 Å². The molecular formula is C37H63N13O11S. The number of carboxylic acid groups (broad SMARTS) is 1. The van der Waals surface area contributed by atoms with E-state index in [-0.39, 0.29) is 69.9 Å². The number of hydrogen-bond donors (Lipinski definition) is 17. The van der Waals surface area contributed by atoms with Crippen LogP contribution in [0.4, 0.5) is 0 Å². The van der Waals surface area contributed by atoms with Crippen molar-refractivity contribution in [2.24, 2.45) is 28.7 Å². The Bertz CT molecular complexity index is 1710. The summed E-state index contributed by atoms with van der Waals surface area (Å²) in [4.78, 5) is 105. The van der Waals surface area contributed by atoms with Crippen molar-refractivity contribution in [1.82, 2.24) is 37.2 Å². The molecule has 8 atom stereocenters. The van der Waals surface area contributed by atoms with Gasteiger partial charge in [0.1, 0.15) is 42.0 Å². The van der Waals surface area contributed by atoms with Gasteiger partial charge in [0.2, 0.25) is 41.4 Å². The minimum Gasteiger partial charge on any atom is -0.508 e. The van der Waals surface area contributed by atoms with Crippen molar-refractivity contribution in [3.05, 3.63) is 29.8 Å². The molecule has 25 heteroatoms. The topological polar surface area (TPSA) is 435 Å². The summed E-state index contributed by atoms with van der Waals surface area (Å²) < 4.78 is -1.28. The Labute approximate surface area is 364 Å². The average molecular weight is 898 g/mol. The van der Waals surface area contributed by atoms with Crippen molar-refractivity contribution in [3.8, 4) is 5.75 Å². The maximum absolute atomic E-state index is 13.9. The number of phenolic OH excluding ortho intramolecular Hbond substituents is 1. The lowest BCUT2D eigenvalue weighted by Crippen LogP contribution is -2.63. The zero-order valence-corrected chi connectivity index (χ0v) is 35.8. The number of amides is 7. The molecule has 0 unspecified atom stereocenters. The summed E-state index contributed by atoms with van der Waals surface area (Å²) in [5, 5.41) is 53.6. The molecule has 0 radical (unpaired) electrons. The number of rotatable bonds is 28. The van der Waals surface area contributed by atoms with Crippen molar-refractivity contribution in [1.29, 1.82) is 5.41 Å². The van der Waals surface area contributed by atoms with Crippen LogP contribution in [-0.4, -0.2) is 141 Å². The first-order chi connectivity index (χ1) is 28.9. The zero-order valence-electron chi connectivity index (χ0n) is 34.9.